The molecule has 8 nitrogen and oxygen atoms in total. The van der Waals surface area contributed by atoms with E-state index in [1.807, 2.05) is 12.1 Å². The highest BCUT2D eigenvalue weighted by Crippen LogP contribution is 2.16. The van der Waals surface area contributed by atoms with Gasteiger partial charge in [-0.25, -0.2) is 0 Å². The molecule has 0 aromatic carbocycles. The van der Waals surface area contributed by atoms with Gasteiger partial charge in [-0.2, -0.15) is 10.5 Å². The summed E-state index contributed by atoms with van der Waals surface area (Å²) in [6, 6.07) is 3.95. The van der Waals surface area contributed by atoms with E-state index in [0.717, 1.165) is 11.8 Å². The van der Waals surface area contributed by atoms with Gasteiger partial charge in [0.15, 0.2) is 0 Å². The molecule has 9 heteroatoms. The molecule has 106 valence electrons. The summed E-state index contributed by atoms with van der Waals surface area (Å²) >= 11 is 1.11. The predicted octanol–water partition coefficient (Wildman–Crippen LogP) is 0.276. The van der Waals surface area contributed by atoms with Crippen LogP contribution in [-0.2, 0) is 11.3 Å². The molecule has 0 saturated carbocycles. The van der Waals surface area contributed by atoms with E-state index in [-0.39, 0.29) is 36.3 Å². The molecule has 2 N–H and O–H groups in total. The van der Waals surface area contributed by atoms with Gasteiger partial charge >= 0.3 is 0 Å². The van der Waals surface area contributed by atoms with Crippen molar-refractivity contribution in [2.45, 2.75) is 24.6 Å². The second-order valence-electron chi connectivity index (χ2n) is 3.65. The number of hydrogen-bond acceptors (Lipinski definition) is 8. The Morgan fingerprint density at radius 2 is 1.95 bits per heavy atom. The number of thioether (sulfide) groups is 1. The lowest BCUT2D eigenvalue weighted by Crippen LogP contribution is -2.34. The molecule has 0 bridgehead atoms. The third-order valence-electron chi connectivity index (χ3n) is 2.28. The second kappa shape index (κ2) is 8.91. The van der Waals surface area contributed by atoms with E-state index in [4.69, 9.17) is 20.7 Å². The van der Waals surface area contributed by atoms with E-state index < -0.39 is 0 Å². The average molecular weight is 294 g/mol. The first-order chi connectivity index (χ1) is 9.71. The standard InChI is InChI=1S/C11H14N6O2S/c12-3-1-5-17(6-2-4-13)10(18)8-20-11-16-15-9(7-14)19-11/h1-2,5-8,14H2. The van der Waals surface area contributed by atoms with E-state index in [2.05, 4.69) is 10.2 Å². The molecule has 1 aromatic heterocycles. The number of amides is 1. The molecule has 0 aliphatic rings. The maximum Gasteiger partial charge on any atom is 0.277 e. The van der Waals surface area contributed by atoms with E-state index in [9.17, 15) is 4.79 Å². The minimum absolute atomic E-state index is 0.114. The fourth-order valence-electron chi connectivity index (χ4n) is 1.32. The molecule has 1 heterocycles. The molecule has 0 spiro atoms. The molecule has 1 rings (SSSR count). The predicted molar refractivity (Wildman–Crippen MR) is 70.0 cm³/mol. The van der Waals surface area contributed by atoms with Crippen molar-refractivity contribution in [1.29, 1.82) is 10.5 Å². The number of rotatable bonds is 8. The Hall–Kier alpha value is -2.10. The largest absolute Gasteiger partial charge is 0.415 e. The Morgan fingerprint density at radius 3 is 2.45 bits per heavy atom. The summed E-state index contributed by atoms with van der Waals surface area (Å²) in [5.74, 6) is 0.252. The highest BCUT2D eigenvalue weighted by Gasteiger charge is 2.15. The maximum absolute atomic E-state index is 12.0. The Labute approximate surface area is 120 Å². The van der Waals surface area contributed by atoms with Crippen LogP contribution in [0.2, 0.25) is 0 Å². The van der Waals surface area contributed by atoms with Crippen molar-refractivity contribution in [2.24, 2.45) is 5.73 Å². The molecule has 1 amide bonds. The topological polar surface area (TPSA) is 133 Å². The van der Waals surface area contributed by atoms with E-state index in [1.165, 1.54) is 4.90 Å². The van der Waals surface area contributed by atoms with Crippen molar-refractivity contribution in [3.8, 4) is 12.1 Å². The summed E-state index contributed by atoms with van der Waals surface area (Å²) in [5.41, 5.74) is 5.34. The summed E-state index contributed by atoms with van der Waals surface area (Å²) in [6.45, 7) is 0.781. The normalized spacial score (nSPS) is 9.75. The third kappa shape index (κ3) is 5.26. The van der Waals surface area contributed by atoms with Crippen LogP contribution in [0.3, 0.4) is 0 Å². The van der Waals surface area contributed by atoms with Crippen LogP contribution in [-0.4, -0.2) is 39.8 Å². The maximum atomic E-state index is 12.0. The van der Waals surface area contributed by atoms with Crippen molar-refractivity contribution in [1.82, 2.24) is 15.1 Å². The smallest absolute Gasteiger partial charge is 0.277 e. The highest BCUT2D eigenvalue weighted by atomic mass is 32.2. The minimum atomic E-state index is -0.173. The van der Waals surface area contributed by atoms with Crippen LogP contribution in [0.15, 0.2) is 9.64 Å². The van der Waals surface area contributed by atoms with Crippen molar-refractivity contribution in [2.75, 3.05) is 18.8 Å². The van der Waals surface area contributed by atoms with Gasteiger partial charge in [0.1, 0.15) is 0 Å². The van der Waals surface area contributed by atoms with Gasteiger partial charge in [-0.15, -0.1) is 10.2 Å². The van der Waals surface area contributed by atoms with E-state index >= 15 is 0 Å². The number of nitrogens with zero attached hydrogens (tertiary/aromatic N) is 5. The van der Waals surface area contributed by atoms with Crippen LogP contribution in [0, 0.1) is 22.7 Å². The first kappa shape index (κ1) is 16.0. The van der Waals surface area contributed by atoms with Gasteiger partial charge in [-0.05, 0) is 0 Å². The average Bonchev–Trinajstić information content (AvgIpc) is 2.93. The Bertz CT molecular complexity index is 500. The zero-order valence-corrected chi connectivity index (χ0v) is 11.6. The zero-order chi connectivity index (χ0) is 14.8. The minimum Gasteiger partial charge on any atom is -0.415 e. The lowest BCUT2D eigenvalue weighted by Gasteiger charge is -2.19. The van der Waals surface area contributed by atoms with Crippen LogP contribution in [0.4, 0.5) is 0 Å². The lowest BCUT2D eigenvalue weighted by molar-refractivity contribution is -0.128. The molecule has 0 saturated heterocycles. The summed E-state index contributed by atoms with van der Waals surface area (Å²) in [5, 5.41) is 24.8. The molecular formula is C11H14N6O2S. The molecule has 20 heavy (non-hydrogen) atoms. The molecule has 0 aliphatic heterocycles. The quantitative estimate of drug-likeness (QED) is 0.676. The molecular weight excluding hydrogens is 280 g/mol. The van der Waals surface area contributed by atoms with E-state index in [0.29, 0.717) is 19.0 Å². The summed E-state index contributed by atoms with van der Waals surface area (Å²) in [6.07, 6.45) is 0.472. The van der Waals surface area contributed by atoms with Crippen LogP contribution in [0.5, 0.6) is 0 Å². The van der Waals surface area contributed by atoms with Crippen molar-refractivity contribution >= 4 is 17.7 Å². The molecule has 1 aromatic rings. The molecule has 0 radical (unpaired) electrons. The van der Waals surface area contributed by atoms with Crippen LogP contribution in [0.1, 0.15) is 18.7 Å². The number of nitrogens with two attached hydrogens (primary N) is 1. The Balaban J connectivity index is 2.48. The second-order valence-corrected chi connectivity index (χ2v) is 4.58. The van der Waals surface area contributed by atoms with Crippen molar-refractivity contribution in [3.63, 3.8) is 0 Å². The van der Waals surface area contributed by atoms with Crippen molar-refractivity contribution < 1.29 is 9.21 Å². The van der Waals surface area contributed by atoms with Crippen LogP contribution in [0.25, 0.3) is 0 Å². The number of carbonyl (C=O) groups is 1. The Kier molecular flexibility index (Phi) is 7.11. The summed E-state index contributed by atoms with van der Waals surface area (Å²) in [7, 11) is 0. The Morgan fingerprint density at radius 1 is 1.30 bits per heavy atom. The van der Waals surface area contributed by atoms with Gasteiger partial charge in [-0.3, -0.25) is 4.79 Å². The lowest BCUT2D eigenvalue weighted by atomic mass is 10.3. The zero-order valence-electron chi connectivity index (χ0n) is 10.8. The number of aromatic nitrogens is 2. The van der Waals surface area contributed by atoms with Crippen molar-refractivity contribution in [3.05, 3.63) is 5.89 Å². The van der Waals surface area contributed by atoms with Crippen LogP contribution >= 0.6 is 11.8 Å². The third-order valence-corrected chi connectivity index (χ3v) is 3.09. The number of hydrogen-bond donors (Lipinski definition) is 1. The SMILES string of the molecule is N#CCCN(CCC#N)C(=O)CSc1nnc(CN)o1. The molecule has 0 fully saturated rings. The number of nitriles is 2. The molecule has 0 unspecified atom stereocenters. The van der Waals surface area contributed by atoms with E-state index in [1.54, 1.807) is 0 Å². The fraction of sp³-hybridized carbons (Fsp3) is 0.545. The van der Waals surface area contributed by atoms with Gasteiger partial charge < -0.3 is 15.1 Å². The fourth-order valence-corrected chi connectivity index (χ4v) is 2.01. The van der Waals surface area contributed by atoms with Gasteiger partial charge in [0.05, 0.1) is 37.3 Å². The van der Waals surface area contributed by atoms with Crippen LogP contribution < -0.4 is 5.73 Å². The van der Waals surface area contributed by atoms with Gasteiger partial charge in [-0.1, -0.05) is 11.8 Å². The summed E-state index contributed by atoms with van der Waals surface area (Å²) in [4.78, 5) is 13.5. The molecule has 0 aliphatic carbocycles. The van der Waals surface area contributed by atoms with Gasteiger partial charge in [0.2, 0.25) is 11.8 Å². The summed E-state index contributed by atoms with van der Waals surface area (Å²) < 4.78 is 5.17. The van der Waals surface area contributed by atoms with Gasteiger partial charge in [0.25, 0.3) is 5.22 Å². The monoisotopic (exact) mass is 294 g/mol. The van der Waals surface area contributed by atoms with Gasteiger partial charge in [0, 0.05) is 13.1 Å². The first-order valence-electron chi connectivity index (χ1n) is 5.88. The first-order valence-corrected chi connectivity index (χ1v) is 6.86. The number of carbonyl (C=O) groups excluding carboxylic acids is 1. The molecule has 0 atom stereocenters. The highest BCUT2D eigenvalue weighted by molar-refractivity contribution is 7.99.